The number of anilines is 2. The molecule has 0 bridgehead atoms. The highest BCUT2D eigenvalue weighted by atomic mass is 32.2. The number of piperidine rings is 1. The lowest BCUT2D eigenvalue weighted by atomic mass is 10.0. The van der Waals surface area contributed by atoms with Gasteiger partial charge in [0.1, 0.15) is 9.22 Å². The van der Waals surface area contributed by atoms with Crippen LogP contribution in [0.1, 0.15) is 47.7 Å². The van der Waals surface area contributed by atoms with E-state index < -0.39 is 10.0 Å². The first kappa shape index (κ1) is 23.7. The van der Waals surface area contributed by atoms with Gasteiger partial charge in [0.15, 0.2) is 0 Å². The highest BCUT2D eigenvalue weighted by Crippen LogP contribution is 2.43. The molecule has 2 unspecified atom stereocenters. The van der Waals surface area contributed by atoms with E-state index in [2.05, 4.69) is 16.3 Å². The topological polar surface area (TPSA) is 85.8 Å². The number of nitrogens with one attached hydrogen (secondary N) is 1. The summed E-state index contributed by atoms with van der Waals surface area (Å²) in [7, 11) is -3.61. The first-order valence-corrected chi connectivity index (χ1v) is 14.9. The van der Waals surface area contributed by atoms with Crippen LogP contribution in [0.5, 0.6) is 0 Å². The summed E-state index contributed by atoms with van der Waals surface area (Å²) in [6, 6.07) is 9.55. The predicted octanol–water partition coefficient (Wildman–Crippen LogP) is 4.48. The molecule has 0 aliphatic carbocycles. The van der Waals surface area contributed by atoms with Crippen LogP contribution in [0.15, 0.2) is 46.1 Å². The SMILES string of the molecule is CCN(c1cccc2c1NC(c1ncc(CN3CCCCC3CO)s1)C2)S(=O)(=O)c1cccs1. The molecule has 2 N–H and O–H groups in total. The van der Waals surface area contributed by atoms with Crippen molar-refractivity contribution in [2.75, 3.05) is 29.3 Å². The minimum atomic E-state index is -3.61. The number of para-hydroxylation sites is 1. The van der Waals surface area contributed by atoms with E-state index in [4.69, 9.17) is 4.98 Å². The van der Waals surface area contributed by atoms with Crippen LogP contribution in [0.2, 0.25) is 0 Å². The number of fused-ring (bicyclic) bond motifs is 1. The highest BCUT2D eigenvalue weighted by Gasteiger charge is 2.32. The van der Waals surface area contributed by atoms with E-state index in [-0.39, 0.29) is 18.7 Å². The van der Waals surface area contributed by atoms with Gasteiger partial charge in [-0.2, -0.15) is 0 Å². The Hall–Kier alpha value is -1.98. The maximum atomic E-state index is 13.3. The molecule has 2 aromatic heterocycles. The van der Waals surface area contributed by atoms with E-state index in [9.17, 15) is 13.5 Å². The van der Waals surface area contributed by atoms with Gasteiger partial charge in [-0.3, -0.25) is 9.21 Å². The first-order valence-electron chi connectivity index (χ1n) is 11.8. The minimum absolute atomic E-state index is 0.0213. The number of thiazole rings is 1. The molecule has 1 fully saturated rings. The maximum absolute atomic E-state index is 13.3. The van der Waals surface area contributed by atoms with E-state index in [0.717, 1.165) is 42.2 Å². The van der Waals surface area contributed by atoms with Crippen molar-refractivity contribution in [3.05, 3.63) is 57.4 Å². The number of rotatable bonds is 8. The second kappa shape index (κ2) is 9.94. The molecule has 2 atom stereocenters. The van der Waals surface area contributed by atoms with Gasteiger partial charge < -0.3 is 10.4 Å². The molecule has 1 saturated heterocycles. The van der Waals surface area contributed by atoms with Gasteiger partial charge in [-0.05, 0) is 49.4 Å². The van der Waals surface area contributed by atoms with E-state index in [1.807, 2.05) is 25.3 Å². The van der Waals surface area contributed by atoms with Crippen molar-refractivity contribution in [2.45, 2.75) is 55.4 Å². The van der Waals surface area contributed by atoms with Gasteiger partial charge in [0.25, 0.3) is 10.0 Å². The molecule has 0 amide bonds. The second-order valence-electron chi connectivity index (χ2n) is 8.78. The Labute approximate surface area is 209 Å². The van der Waals surface area contributed by atoms with E-state index in [1.165, 1.54) is 33.4 Å². The van der Waals surface area contributed by atoms with Crippen molar-refractivity contribution >= 4 is 44.1 Å². The number of nitrogens with zero attached hydrogens (tertiary/aromatic N) is 3. The summed E-state index contributed by atoms with van der Waals surface area (Å²) in [5.41, 5.74) is 2.67. The van der Waals surface area contributed by atoms with Crippen LogP contribution in [0.4, 0.5) is 11.4 Å². The Morgan fingerprint density at radius 2 is 2.15 bits per heavy atom. The third-order valence-electron chi connectivity index (χ3n) is 6.66. The Morgan fingerprint density at radius 1 is 1.26 bits per heavy atom. The first-order chi connectivity index (χ1) is 16.5. The zero-order valence-corrected chi connectivity index (χ0v) is 21.6. The largest absolute Gasteiger partial charge is 0.395 e. The number of hydrogen-bond donors (Lipinski definition) is 2. The quantitative estimate of drug-likeness (QED) is 0.458. The summed E-state index contributed by atoms with van der Waals surface area (Å²) in [5, 5.41) is 16.1. The monoisotopic (exact) mass is 518 g/mol. The number of benzene rings is 1. The van der Waals surface area contributed by atoms with Crippen LogP contribution in [-0.4, -0.2) is 49.1 Å². The van der Waals surface area contributed by atoms with Crippen molar-refractivity contribution in [1.29, 1.82) is 0 Å². The molecule has 182 valence electrons. The Balaban J connectivity index is 1.36. The van der Waals surface area contributed by atoms with Crippen LogP contribution in [0, 0.1) is 0 Å². The zero-order valence-electron chi connectivity index (χ0n) is 19.2. The van der Waals surface area contributed by atoms with Gasteiger partial charge >= 0.3 is 0 Å². The summed E-state index contributed by atoms with van der Waals surface area (Å²) in [6.07, 6.45) is 6.13. The van der Waals surface area contributed by atoms with Gasteiger partial charge in [0.2, 0.25) is 0 Å². The van der Waals surface area contributed by atoms with Crippen molar-refractivity contribution in [2.24, 2.45) is 0 Å². The highest BCUT2D eigenvalue weighted by molar-refractivity contribution is 7.94. The molecule has 10 heteroatoms. The number of aliphatic hydroxyl groups excluding tert-OH is 1. The van der Waals surface area contributed by atoms with Crippen LogP contribution in [0.3, 0.4) is 0 Å². The number of hydrogen-bond acceptors (Lipinski definition) is 8. The fraction of sp³-hybridized carbons (Fsp3) is 0.458. The van der Waals surface area contributed by atoms with E-state index >= 15 is 0 Å². The van der Waals surface area contributed by atoms with Gasteiger partial charge in [0, 0.05) is 36.6 Å². The smallest absolute Gasteiger partial charge is 0.273 e. The third-order valence-corrected chi connectivity index (χ3v) is 11.0. The summed E-state index contributed by atoms with van der Waals surface area (Å²) in [4.78, 5) is 8.28. The Kier molecular flexibility index (Phi) is 6.95. The minimum Gasteiger partial charge on any atom is -0.395 e. The summed E-state index contributed by atoms with van der Waals surface area (Å²) in [6.45, 7) is 4.25. The van der Waals surface area contributed by atoms with Crippen LogP contribution in [0.25, 0.3) is 0 Å². The average Bonchev–Trinajstić information content (AvgIpc) is 3.60. The fourth-order valence-electron chi connectivity index (χ4n) is 4.95. The molecule has 0 saturated carbocycles. The summed E-state index contributed by atoms with van der Waals surface area (Å²) < 4.78 is 28.4. The predicted molar refractivity (Wildman–Crippen MR) is 138 cm³/mol. The van der Waals surface area contributed by atoms with Gasteiger partial charge in [-0.1, -0.05) is 24.6 Å². The number of aliphatic hydroxyl groups is 1. The molecule has 0 radical (unpaired) electrons. The van der Waals surface area contributed by atoms with Crippen LogP contribution in [-0.2, 0) is 23.0 Å². The lowest BCUT2D eigenvalue weighted by molar-refractivity contribution is 0.0849. The normalized spacial score (nSPS) is 20.8. The summed E-state index contributed by atoms with van der Waals surface area (Å²) in [5.74, 6) is 0. The standard InChI is InChI=1S/C24H30N4O3S3/c1-2-28(34(30,31)22-10-6-12-32-22)21-9-5-7-17-13-20(26-23(17)21)24-25-14-19(33-24)15-27-11-4-3-8-18(27)16-29/h5-7,9-10,12,14,18,20,26,29H,2-4,8,11,13,15-16H2,1H3. The molecule has 34 heavy (non-hydrogen) atoms. The van der Waals surface area contributed by atoms with Crippen LogP contribution < -0.4 is 9.62 Å². The number of likely N-dealkylation sites (tertiary alicyclic amines) is 1. The van der Waals surface area contributed by atoms with Gasteiger partial charge in [0.05, 0.1) is 24.0 Å². The second-order valence-corrected chi connectivity index (χ2v) is 13.0. The zero-order chi connectivity index (χ0) is 23.7. The molecule has 0 spiro atoms. The summed E-state index contributed by atoms with van der Waals surface area (Å²) >= 11 is 2.94. The molecule has 3 aromatic rings. The van der Waals surface area contributed by atoms with Crippen molar-refractivity contribution in [3.8, 4) is 0 Å². The van der Waals surface area contributed by atoms with Crippen molar-refractivity contribution < 1.29 is 13.5 Å². The molecule has 7 nitrogen and oxygen atoms in total. The fourth-order valence-corrected chi connectivity index (χ4v) is 8.53. The lowest BCUT2D eigenvalue weighted by Gasteiger charge is -2.34. The van der Waals surface area contributed by atoms with E-state index in [1.54, 1.807) is 28.8 Å². The number of sulfonamides is 1. The van der Waals surface area contributed by atoms with E-state index in [0.29, 0.717) is 16.4 Å². The van der Waals surface area contributed by atoms with Crippen molar-refractivity contribution in [3.63, 3.8) is 0 Å². The van der Waals surface area contributed by atoms with Gasteiger partial charge in [-0.25, -0.2) is 13.4 Å². The van der Waals surface area contributed by atoms with Gasteiger partial charge in [-0.15, -0.1) is 22.7 Å². The molecular weight excluding hydrogens is 488 g/mol. The molecule has 1 aromatic carbocycles. The molecule has 4 heterocycles. The Morgan fingerprint density at radius 3 is 2.91 bits per heavy atom. The molecule has 2 aliphatic rings. The molecule has 2 aliphatic heterocycles. The van der Waals surface area contributed by atoms with Crippen molar-refractivity contribution in [1.82, 2.24) is 9.88 Å². The average molecular weight is 519 g/mol. The molecule has 5 rings (SSSR count). The number of thiophene rings is 1. The molecular formula is C24H30N4O3S3. The Bertz CT molecular complexity index is 1230. The van der Waals surface area contributed by atoms with Crippen LogP contribution >= 0.6 is 22.7 Å². The number of aromatic nitrogens is 1. The third kappa shape index (κ3) is 4.49. The lowest BCUT2D eigenvalue weighted by Crippen LogP contribution is -2.40. The maximum Gasteiger partial charge on any atom is 0.273 e.